The lowest BCUT2D eigenvalue weighted by Gasteiger charge is -2.08. The van der Waals surface area contributed by atoms with Gasteiger partial charge in [0.2, 0.25) is 0 Å². The summed E-state index contributed by atoms with van der Waals surface area (Å²) in [6.45, 7) is 0. The van der Waals surface area contributed by atoms with E-state index in [0.717, 1.165) is 19.4 Å². The molecule has 0 radical (unpaired) electrons. The van der Waals surface area contributed by atoms with Crippen molar-refractivity contribution < 1.29 is 28.3 Å². The van der Waals surface area contributed by atoms with Gasteiger partial charge in [-0.15, -0.1) is 0 Å². The molecule has 21 heavy (non-hydrogen) atoms. The van der Waals surface area contributed by atoms with Crippen LogP contribution in [-0.2, 0) is 9.30 Å². The van der Waals surface area contributed by atoms with Crippen LogP contribution in [0.25, 0.3) is 11.5 Å². The van der Waals surface area contributed by atoms with E-state index in [-0.39, 0.29) is 28.1 Å². The first kappa shape index (κ1) is 15.5. The minimum absolute atomic E-state index is 0.190. The fourth-order valence-corrected chi connectivity index (χ4v) is 2.42. The lowest BCUT2D eigenvalue weighted by atomic mass is 10.3. The Hall–Kier alpha value is -1.93. The molecule has 4 N–H and O–H groups in total. The van der Waals surface area contributed by atoms with Crippen molar-refractivity contribution in [3.8, 4) is 11.5 Å². The zero-order chi connectivity index (χ0) is 15.8. The van der Waals surface area contributed by atoms with Gasteiger partial charge in [0.15, 0.2) is 22.4 Å². The summed E-state index contributed by atoms with van der Waals surface area (Å²) in [6.07, 6.45) is 1.06. The quantitative estimate of drug-likeness (QED) is 0.541. The second-order valence-electron chi connectivity index (χ2n) is 3.77. The number of aromatic nitrogens is 2. The van der Waals surface area contributed by atoms with E-state index in [2.05, 4.69) is 14.7 Å². The zero-order valence-corrected chi connectivity index (χ0v) is 12.1. The smallest absolute Gasteiger partial charge is 0.360 e. The van der Waals surface area contributed by atoms with Crippen LogP contribution in [0.3, 0.4) is 0 Å². The van der Waals surface area contributed by atoms with Gasteiger partial charge in [-0.3, -0.25) is 4.57 Å². The molecular weight excluding hydrogens is 325 g/mol. The summed E-state index contributed by atoms with van der Waals surface area (Å²) in [5.41, 5.74) is 5.06. The third-order valence-electron chi connectivity index (χ3n) is 2.43. The number of nitrogens with two attached hydrogens (primary N) is 1. The highest BCUT2D eigenvalue weighted by Crippen LogP contribution is 2.39. The van der Waals surface area contributed by atoms with E-state index in [0.29, 0.717) is 0 Å². The fourth-order valence-electron chi connectivity index (χ4n) is 1.53. The Labute approximate surface area is 122 Å². The zero-order valence-electron chi connectivity index (χ0n) is 10.5. The molecular formula is C10H9ClN3O6P. The van der Waals surface area contributed by atoms with E-state index in [4.69, 9.17) is 21.8 Å². The normalized spacial score (nSPS) is 11.4. The maximum atomic E-state index is 11.4. The molecule has 0 amide bonds. The molecule has 0 aliphatic carbocycles. The number of hydrogen-bond donors (Lipinski definition) is 3. The molecule has 0 fully saturated rings. The Balaban J connectivity index is 2.62. The van der Waals surface area contributed by atoms with Gasteiger partial charge in [-0.25, -0.2) is 14.8 Å². The van der Waals surface area contributed by atoms with Crippen LogP contribution in [0.4, 0.5) is 5.82 Å². The van der Waals surface area contributed by atoms with Gasteiger partial charge in [-0.1, -0.05) is 11.6 Å². The van der Waals surface area contributed by atoms with E-state index in [1.807, 2.05) is 0 Å². The predicted molar refractivity (Wildman–Crippen MR) is 72.2 cm³/mol. The van der Waals surface area contributed by atoms with E-state index in [9.17, 15) is 19.1 Å². The molecule has 2 aromatic rings. The molecule has 0 aliphatic heterocycles. The third-order valence-corrected chi connectivity index (χ3v) is 3.68. The molecule has 0 aromatic carbocycles. The summed E-state index contributed by atoms with van der Waals surface area (Å²) < 4.78 is 20.8. The number of rotatable bonds is 3. The fraction of sp³-hybridized carbons (Fsp3) is 0.100. The maximum absolute atomic E-state index is 11.4. The first-order valence-corrected chi connectivity index (χ1v) is 7.30. The van der Waals surface area contributed by atoms with E-state index < -0.39 is 18.9 Å². The summed E-state index contributed by atoms with van der Waals surface area (Å²) in [7, 11) is -3.47. The van der Waals surface area contributed by atoms with Crippen molar-refractivity contribution in [3.63, 3.8) is 0 Å². The Morgan fingerprint density at radius 3 is 2.71 bits per heavy atom. The van der Waals surface area contributed by atoms with Crippen molar-refractivity contribution in [2.24, 2.45) is 0 Å². The third kappa shape index (κ3) is 2.91. The van der Waals surface area contributed by atoms with Crippen LogP contribution in [-0.4, -0.2) is 32.8 Å². The summed E-state index contributed by atoms with van der Waals surface area (Å²) in [6, 6.07) is 1.08. The van der Waals surface area contributed by atoms with Gasteiger partial charge >= 0.3 is 13.6 Å². The second kappa shape index (κ2) is 5.45. The van der Waals surface area contributed by atoms with Crippen molar-refractivity contribution in [1.29, 1.82) is 0 Å². The van der Waals surface area contributed by atoms with E-state index in [1.165, 1.54) is 0 Å². The number of carbonyl (C=O) groups excluding carboxylic acids is 1. The highest BCUT2D eigenvalue weighted by Gasteiger charge is 2.29. The molecule has 0 spiro atoms. The first-order valence-electron chi connectivity index (χ1n) is 5.31. The van der Waals surface area contributed by atoms with Crippen molar-refractivity contribution in [1.82, 2.24) is 9.97 Å². The minimum Gasteiger partial charge on any atom is -0.464 e. The highest BCUT2D eigenvalue weighted by molar-refractivity contribution is 7.60. The van der Waals surface area contributed by atoms with Gasteiger partial charge in [0, 0.05) is 0 Å². The SMILES string of the molecule is COC(=O)c1nc(Cl)c(-c2occc2P(=O)(O)O)nc1N. The molecule has 0 atom stereocenters. The van der Waals surface area contributed by atoms with Crippen molar-refractivity contribution in [2.75, 3.05) is 12.8 Å². The van der Waals surface area contributed by atoms with Gasteiger partial charge < -0.3 is 24.7 Å². The molecule has 112 valence electrons. The minimum atomic E-state index is -4.60. The van der Waals surface area contributed by atoms with Gasteiger partial charge in [-0.2, -0.15) is 0 Å². The Morgan fingerprint density at radius 2 is 2.14 bits per heavy atom. The summed E-state index contributed by atoms with van der Waals surface area (Å²) >= 11 is 5.87. The molecule has 0 bridgehead atoms. The molecule has 0 saturated heterocycles. The van der Waals surface area contributed by atoms with Crippen LogP contribution >= 0.6 is 19.2 Å². The highest BCUT2D eigenvalue weighted by atomic mass is 35.5. The van der Waals surface area contributed by atoms with Gasteiger partial charge in [-0.05, 0) is 6.07 Å². The molecule has 2 aromatic heterocycles. The van der Waals surface area contributed by atoms with Gasteiger partial charge in [0.05, 0.1) is 13.4 Å². The molecule has 0 aliphatic rings. The van der Waals surface area contributed by atoms with Crippen molar-refractivity contribution >= 4 is 36.3 Å². The molecule has 11 heteroatoms. The van der Waals surface area contributed by atoms with Crippen LogP contribution in [0.5, 0.6) is 0 Å². The van der Waals surface area contributed by atoms with E-state index in [1.54, 1.807) is 0 Å². The number of nitrogen functional groups attached to an aromatic ring is 1. The molecule has 9 nitrogen and oxygen atoms in total. The summed E-state index contributed by atoms with van der Waals surface area (Å²) in [5, 5.41) is -0.724. The van der Waals surface area contributed by atoms with Gasteiger partial charge in [0.1, 0.15) is 11.0 Å². The van der Waals surface area contributed by atoms with Crippen LogP contribution in [0.15, 0.2) is 16.7 Å². The number of hydrogen-bond acceptors (Lipinski definition) is 7. The second-order valence-corrected chi connectivity index (χ2v) is 5.70. The molecule has 2 rings (SSSR count). The largest absolute Gasteiger partial charge is 0.464 e. The lowest BCUT2D eigenvalue weighted by molar-refractivity contribution is 0.0595. The molecule has 2 heterocycles. The maximum Gasteiger partial charge on any atom is 0.360 e. The number of esters is 1. The Bertz CT molecular complexity index is 755. The molecule has 0 saturated carbocycles. The lowest BCUT2D eigenvalue weighted by Crippen LogP contribution is -2.12. The van der Waals surface area contributed by atoms with Crippen molar-refractivity contribution in [3.05, 3.63) is 23.2 Å². The van der Waals surface area contributed by atoms with E-state index >= 15 is 0 Å². The number of methoxy groups -OCH3 is 1. The number of furan rings is 1. The summed E-state index contributed by atoms with van der Waals surface area (Å²) in [4.78, 5) is 37.3. The van der Waals surface area contributed by atoms with Crippen LogP contribution in [0.2, 0.25) is 5.15 Å². The first-order chi connectivity index (χ1) is 9.75. The average Bonchev–Trinajstić information content (AvgIpc) is 2.89. The average molecular weight is 334 g/mol. The predicted octanol–water partition coefficient (Wildman–Crippen LogP) is 0.562. The molecule has 0 unspecified atom stereocenters. The number of nitrogens with zero attached hydrogens (tertiary/aromatic N) is 2. The summed E-state index contributed by atoms with van der Waals surface area (Å²) in [5.74, 6) is -1.43. The number of ether oxygens (including phenoxy) is 1. The van der Waals surface area contributed by atoms with Crippen LogP contribution in [0, 0.1) is 0 Å². The topological polar surface area (TPSA) is 149 Å². The Kier molecular flexibility index (Phi) is 4.02. The van der Waals surface area contributed by atoms with Crippen LogP contribution in [0.1, 0.15) is 10.5 Å². The van der Waals surface area contributed by atoms with Crippen molar-refractivity contribution in [2.45, 2.75) is 0 Å². The van der Waals surface area contributed by atoms with Gasteiger partial charge in [0.25, 0.3) is 0 Å². The number of carbonyl (C=O) groups is 1. The Morgan fingerprint density at radius 1 is 1.48 bits per heavy atom. The number of halogens is 1. The standard InChI is InChI=1S/C10H9ClN3O6P/c1-19-10(15)6-9(12)14-5(8(11)13-6)7-4(2-3-20-7)21(16,17)18/h2-3H,1H3,(H2,12,14)(H2,16,17,18). The number of anilines is 1. The monoisotopic (exact) mass is 333 g/mol. The van der Waals surface area contributed by atoms with Crippen LogP contribution < -0.4 is 11.0 Å².